The summed E-state index contributed by atoms with van der Waals surface area (Å²) < 4.78 is 15.8. The average Bonchev–Trinajstić information content (AvgIpc) is 3.12. The Kier molecular flexibility index (Phi) is 5.85. The summed E-state index contributed by atoms with van der Waals surface area (Å²) in [6.07, 6.45) is 0.839. The van der Waals surface area contributed by atoms with E-state index in [2.05, 4.69) is 25.6 Å². The van der Waals surface area contributed by atoms with Crippen LogP contribution in [0.1, 0.15) is 23.4 Å². The molecule has 154 valence electrons. The summed E-state index contributed by atoms with van der Waals surface area (Å²) in [6.45, 7) is 1.32. The van der Waals surface area contributed by atoms with Gasteiger partial charge in [-0.25, -0.2) is 14.2 Å². The Balaban J connectivity index is 0.00000240. The van der Waals surface area contributed by atoms with E-state index < -0.39 is 17.1 Å². The molecule has 1 aromatic carbocycles. The quantitative estimate of drug-likeness (QED) is 0.493. The monoisotopic (exact) mass is 422 g/mol. The Morgan fingerprint density at radius 1 is 1.31 bits per heavy atom. The van der Waals surface area contributed by atoms with Crippen LogP contribution in [0.25, 0.3) is 11.2 Å². The van der Waals surface area contributed by atoms with E-state index in [1.807, 2.05) is 6.07 Å². The van der Waals surface area contributed by atoms with Gasteiger partial charge in [-0.05, 0) is 30.2 Å². The van der Waals surface area contributed by atoms with Crippen LogP contribution in [0.2, 0.25) is 0 Å². The van der Waals surface area contributed by atoms with Gasteiger partial charge in [0.1, 0.15) is 17.2 Å². The molecule has 0 spiro atoms. The number of anilines is 1. The summed E-state index contributed by atoms with van der Waals surface area (Å²) >= 11 is 0. The molecular weight excluding hydrogens is 403 g/mol. The van der Waals surface area contributed by atoms with Gasteiger partial charge < -0.3 is 15.6 Å². The van der Waals surface area contributed by atoms with Crippen LogP contribution in [-0.4, -0.2) is 32.0 Å². The Bertz CT molecular complexity index is 1200. The fourth-order valence-corrected chi connectivity index (χ4v) is 3.35. The van der Waals surface area contributed by atoms with Gasteiger partial charge in [0.15, 0.2) is 5.65 Å². The number of hydrogen-bond acceptors (Lipinski definition) is 5. The number of nitrogens with one attached hydrogen (secondary N) is 4. The van der Waals surface area contributed by atoms with Gasteiger partial charge in [0, 0.05) is 26.4 Å². The second-order valence-corrected chi connectivity index (χ2v) is 6.74. The summed E-state index contributed by atoms with van der Waals surface area (Å²) in [6, 6.07) is 3.38. The van der Waals surface area contributed by atoms with Crippen LogP contribution in [0.3, 0.4) is 0 Å². The molecule has 1 aliphatic rings. The predicted molar refractivity (Wildman–Crippen MR) is 108 cm³/mol. The summed E-state index contributed by atoms with van der Waals surface area (Å²) in [4.78, 5) is 44.9. The van der Waals surface area contributed by atoms with Crippen molar-refractivity contribution in [1.29, 1.82) is 0 Å². The largest absolute Gasteiger partial charge is 0.336 e. The minimum absolute atomic E-state index is 0. The Morgan fingerprint density at radius 3 is 2.90 bits per heavy atom. The highest BCUT2D eigenvalue weighted by Crippen LogP contribution is 2.24. The Labute approximate surface area is 170 Å². The maximum Gasteiger partial charge on any atom is 0.329 e. The molecule has 29 heavy (non-hydrogen) atoms. The topological polar surface area (TPSA) is 125 Å². The van der Waals surface area contributed by atoms with Gasteiger partial charge in [0.05, 0.1) is 5.69 Å². The lowest BCUT2D eigenvalue weighted by molar-refractivity contribution is -0.116. The van der Waals surface area contributed by atoms with Crippen molar-refractivity contribution in [2.24, 2.45) is 7.05 Å². The van der Waals surface area contributed by atoms with E-state index in [0.717, 1.165) is 5.56 Å². The van der Waals surface area contributed by atoms with Crippen LogP contribution in [0.5, 0.6) is 0 Å². The molecule has 1 amide bonds. The van der Waals surface area contributed by atoms with Gasteiger partial charge in [0.2, 0.25) is 5.91 Å². The molecule has 0 radical (unpaired) electrons. The van der Waals surface area contributed by atoms with Crippen LogP contribution in [0.15, 0.2) is 21.7 Å². The first-order valence-corrected chi connectivity index (χ1v) is 8.92. The number of aryl methyl sites for hydroxylation is 2. The van der Waals surface area contributed by atoms with Gasteiger partial charge >= 0.3 is 5.69 Å². The lowest BCUT2D eigenvalue weighted by atomic mass is 9.99. The molecule has 0 saturated carbocycles. The van der Waals surface area contributed by atoms with Crippen LogP contribution in [-0.2, 0) is 31.2 Å². The summed E-state index contributed by atoms with van der Waals surface area (Å²) in [5.41, 5.74) is 0.964. The molecule has 0 aliphatic carbocycles. The number of benzene rings is 1. The smallest absolute Gasteiger partial charge is 0.329 e. The molecule has 0 bridgehead atoms. The van der Waals surface area contributed by atoms with Crippen LogP contribution < -0.4 is 21.9 Å². The number of rotatable bonds is 4. The van der Waals surface area contributed by atoms with Crippen LogP contribution >= 0.6 is 12.4 Å². The summed E-state index contributed by atoms with van der Waals surface area (Å²) in [5.74, 6) is -0.359. The zero-order chi connectivity index (χ0) is 19.8. The molecule has 1 aliphatic heterocycles. The Hall–Kier alpha value is -2.98. The minimum Gasteiger partial charge on any atom is -0.336 e. The standard InChI is InChI=1S/C18H19FN6O3.ClH/c1-25-16-15(17(27)24-18(25)28)22-12(23-16)4-5-13(26)21-11-3-2-9-8-20-7-6-10(9)14(11)19;/h2-3,20H,4-8H2,1H3,(H,21,26)(H,22,23)(H,24,27,28);1H. The molecule has 0 saturated heterocycles. The fraction of sp³-hybridized carbons (Fsp3) is 0.333. The second kappa shape index (κ2) is 8.18. The summed E-state index contributed by atoms with van der Waals surface area (Å²) in [5, 5.41) is 5.78. The fourth-order valence-electron chi connectivity index (χ4n) is 3.35. The highest BCUT2D eigenvalue weighted by molar-refractivity contribution is 5.91. The van der Waals surface area contributed by atoms with Gasteiger partial charge in [-0.3, -0.25) is 19.1 Å². The number of carbonyl (C=O) groups excluding carboxylic acids is 1. The van der Waals surface area contributed by atoms with Crippen molar-refractivity contribution in [3.05, 3.63) is 55.7 Å². The van der Waals surface area contributed by atoms with Gasteiger partial charge in [-0.1, -0.05) is 6.07 Å². The Morgan fingerprint density at radius 2 is 2.10 bits per heavy atom. The zero-order valence-electron chi connectivity index (χ0n) is 15.6. The molecule has 9 nitrogen and oxygen atoms in total. The van der Waals surface area contributed by atoms with E-state index in [4.69, 9.17) is 0 Å². The molecule has 2 aromatic heterocycles. The lowest BCUT2D eigenvalue weighted by Gasteiger charge is -2.19. The van der Waals surface area contributed by atoms with E-state index in [9.17, 15) is 18.8 Å². The first-order valence-electron chi connectivity index (χ1n) is 8.92. The van der Waals surface area contributed by atoms with E-state index in [1.54, 1.807) is 6.07 Å². The molecule has 3 aromatic rings. The number of aromatic amines is 2. The second-order valence-electron chi connectivity index (χ2n) is 6.74. The third kappa shape index (κ3) is 3.94. The highest BCUT2D eigenvalue weighted by atomic mass is 35.5. The molecule has 4 rings (SSSR count). The van der Waals surface area contributed by atoms with E-state index in [0.29, 0.717) is 30.9 Å². The molecule has 0 unspecified atom stereocenters. The number of hydrogen-bond donors (Lipinski definition) is 4. The van der Waals surface area contributed by atoms with E-state index in [1.165, 1.54) is 11.6 Å². The van der Waals surface area contributed by atoms with Crippen molar-refractivity contribution in [3.8, 4) is 0 Å². The first kappa shape index (κ1) is 20.7. The van der Waals surface area contributed by atoms with Crippen molar-refractivity contribution in [2.45, 2.75) is 25.8 Å². The van der Waals surface area contributed by atoms with E-state index in [-0.39, 0.29) is 48.0 Å². The lowest BCUT2D eigenvalue weighted by Crippen LogP contribution is -2.28. The number of H-pyrrole nitrogens is 2. The summed E-state index contributed by atoms with van der Waals surface area (Å²) in [7, 11) is 1.49. The van der Waals surface area contributed by atoms with Crippen molar-refractivity contribution in [2.75, 3.05) is 11.9 Å². The van der Waals surface area contributed by atoms with Crippen molar-refractivity contribution < 1.29 is 9.18 Å². The number of halogens is 2. The number of aromatic nitrogens is 4. The van der Waals surface area contributed by atoms with Crippen molar-refractivity contribution in [1.82, 2.24) is 24.8 Å². The molecule has 11 heteroatoms. The van der Waals surface area contributed by atoms with Crippen molar-refractivity contribution >= 4 is 35.2 Å². The number of carbonyl (C=O) groups is 1. The van der Waals surface area contributed by atoms with Crippen LogP contribution in [0, 0.1) is 5.82 Å². The van der Waals surface area contributed by atoms with Crippen molar-refractivity contribution in [3.63, 3.8) is 0 Å². The van der Waals surface area contributed by atoms with E-state index >= 15 is 0 Å². The third-order valence-corrected chi connectivity index (χ3v) is 4.87. The minimum atomic E-state index is -0.564. The van der Waals surface area contributed by atoms with Gasteiger partial charge in [-0.2, -0.15) is 0 Å². The normalized spacial score (nSPS) is 13.0. The third-order valence-electron chi connectivity index (χ3n) is 4.87. The number of nitrogens with zero attached hydrogens (tertiary/aromatic N) is 2. The molecule has 0 atom stereocenters. The van der Waals surface area contributed by atoms with Gasteiger partial charge in [-0.15, -0.1) is 12.4 Å². The number of imidazole rings is 1. The zero-order valence-corrected chi connectivity index (χ0v) is 16.4. The molecule has 4 N–H and O–H groups in total. The maximum absolute atomic E-state index is 14.6. The highest BCUT2D eigenvalue weighted by Gasteiger charge is 2.18. The number of fused-ring (bicyclic) bond motifs is 2. The SMILES string of the molecule is Cl.Cn1c(=O)[nH]c(=O)c2[nH]c(CCC(=O)Nc3ccc4c(c3F)CCNC4)nc21. The number of amides is 1. The molecular formula is C18H20ClFN6O3. The predicted octanol–water partition coefficient (Wildman–Crippen LogP) is 0.728. The average molecular weight is 423 g/mol. The van der Waals surface area contributed by atoms with Crippen LogP contribution in [0.4, 0.5) is 10.1 Å². The molecule has 0 fully saturated rings. The maximum atomic E-state index is 14.6. The first-order chi connectivity index (χ1) is 13.4. The van der Waals surface area contributed by atoms with Gasteiger partial charge in [0.25, 0.3) is 5.56 Å². The molecule has 3 heterocycles.